The van der Waals surface area contributed by atoms with E-state index in [1.165, 1.54) is 12.8 Å². The second-order valence-electron chi connectivity index (χ2n) is 7.28. The molecule has 0 aliphatic heterocycles. The van der Waals surface area contributed by atoms with Gasteiger partial charge in [-0.3, -0.25) is 0 Å². The van der Waals surface area contributed by atoms with Gasteiger partial charge in [0, 0.05) is 0 Å². The molecule has 2 saturated carbocycles. The molecule has 0 amide bonds. The molecule has 1 heteroatoms. The monoisotopic (exact) mass is 222 g/mol. The molecular formula is C15H26O. The maximum absolute atomic E-state index is 11.2. The zero-order valence-corrected chi connectivity index (χ0v) is 11.4. The standard InChI is InChI=1S/C15H26O/c1-10(2)9-15(16)12-8-7-11(13(12,3)4)14(15,5)6/h11-12,16H,1,7-9H2,2-6H3/t11-,12+,15+/m0/s1. The highest BCUT2D eigenvalue weighted by molar-refractivity contribution is 5.21. The van der Waals surface area contributed by atoms with Crippen LogP contribution in [0, 0.1) is 22.7 Å². The van der Waals surface area contributed by atoms with Crippen molar-refractivity contribution in [1.82, 2.24) is 0 Å². The summed E-state index contributed by atoms with van der Waals surface area (Å²) < 4.78 is 0. The molecule has 2 fully saturated rings. The van der Waals surface area contributed by atoms with Crippen LogP contribution in [-0.4, -0.2) is 10.7 Å². The average molecular weight is 222 g/mol. The zero-order chi connectivity index (χ0) is 12.4. The highest BCUT2D eigenvalue weighted by Gasteiger charge is 2.69. The lowest BCUT2D eigenvalue weighted by Gasteiger charge is -2.46. The van der Waals surface area contributed by atoms with E-state index in [2.05, 4.69) is 34.3 Å². The van der Waals surface area contributed by atoms with Crippen molar-refractivity contribution in [2.24, 2.45) is 22.7 Å². The van der Waals surface area contributed by atoms with Crippen LogP contribution < -0.4 is 0 Å². The summed E-state index contributed by atoms with van der Waals surface area (Å²) in [5, 5.41) is 11.2. The SMILES string of the molecule is C=C(C)C[C@@]1(O)[C@@H]2CC[C@@H](C2(C)C)C1(C)C. The molecule has 0 radical (unpaired) electrons. The van der Waals surface area contributed by atoms with Crippen molar-refractivity contribution >= 4 is 0 Å². The first-order valence-corrected chi connectivity index (χ1v) is 6.51. The van der Waals surface area contributed by atoms with Crippen LogP contribution in [0.3, 0.4) is 0 Å². The molecule has 0 heterocycles. The van der Waals surface area contributed by atoms with E-state index in [9.17, 15) is 5.11 Å². The van der Waals surface area contributed by atoms with Crippen LogP contribution >= 0.6 is 0 Å². The van der Waals surface area contributed by atoms with Gasteiger partial charge in [-0.05, 0) is 48.9 Å². The smallest absolute Gasteiger partial charge is 0.0771 e. The number of hydrogen-bond acceptors (Lipinski definition) is 1. The van der Waals surface area contributed by atoms with Gasteiger partial charge in [-0.1, -0.05) is 33.3 Å². The molecular weight excluding hydrogens is 196 g/mol. The van der Waals surface area contributed by atoms with E-state index in [0.29, 0.717) is 11.8 Å². The van der Waals surface area contributed by atoms with Crippen LogP contribution in [0.4, 0.5) is 0 Å². The molecule has 2 rings (SSSR count). The molecule has 2 aliphatic rings. The summed E-state index contributed by atoms with van der Waals surface area (Å²) in [5.74, 6) is 1.09. The minimum atomic E-state index is -0.536. The zero-order valence-electron chi connectivity index (χ0n) is 11.4. The second-order valence-corrected chi connectivity index (χ2v) is 7.28. The highest BCUT2D eigenvalue weighted by atomic mass is 16.3. The van der Waals surface area contributed by atoms with Gasteiger partial charge in [0.05, 0.1) is 5.60 Å². The Morgan fingerprint density at radius 1 is 1.19 bits per heavy atom. The Morgan fingerprint density at radius 3 is 2.06 bits per heavy atom. The Bertz CT molecular complexity index is 326. The van der Waals surface area contributed by atoms with Crippen LogP contribution in [0.5, 0.6) is 0 Å². The third-order valence-corrected chi connectivity index (χ3v) is 5.67. The molecule has 16 heavy (non-hydrogen) atoms. The molecule has 3 atom stereocenters. The van der Waals surface area contributed by atoms with Crippen molar-refractivity contribution in [2.75, 3.05) is 0 Å². The van der Waals surface area contributed by atoms with Crippen LogP contribution in [0.15, 0.2) is 12.2 Å². The third-order valence-electron chi connectivity index (χ3n) is 5.67. The van der Waals surface area contributed by atoms with Crippen LogP contribution in [-0.2, 0) is 0 Å². The quantitative estimate of drug-likeness (QED) is 0.705. The van der Waals surface area contributed by atoms with Gasteiger partial charge in [-0.15, -0.1) is 6.58 Å². The van der Waals surface area contributed by atoms with E-state index < -0.39 is 5.60 Å². The maximum Gasteiger partial charge on any atom is 0.0771 e. The molecule has 1 N–H and O–H groups in total. The lowest BCUT2D eigenvalue weighted by Crippen LogP contribution is -2.49. The van der Waals surface area contributed by atoms with Gasteiger partial charge in [-0.2, -0.15) is 0 Å². The predicted octanol–water partition coefficient (Wildman–Crippen LogP) is 3.78. The number of aliphatic hydroxyl groups is 1. The van der Waals surface area contributed by atoms with E-state index in [0.717, 1.165) is 12.0 Å². The summed E-state index contributed by atoms with van der Waals surface area (Å²) in [7, 11) is 0. The minimum Gasteiger partial charge on any atom is -0.389 e. The lowest BCUT2D eigenvalue weighted by atomic mass is 9.63. The molecule has 0 spiro atoms. The van der Waals surface area contributed by atoms with Gasteiger partial charge < -0.3 is 5.11 Å². The molecule has 0 aromatic carbocycles. The van der Waals surface area contributed by atoms with Crippen molar-refractivity contribution < 1.29 is 5.11 Å². The lowest BCUT2D eigenvalue weighted by molar-refractivity contribution is -0.106. The minimum absolute atomic E-state index is 0.0262. The second kappa shape index (κ2) is 3.13. The third kappa shape index (κ3) is 1.21. The van der Waals surface area contributed by atoms with Crippen LogP contribution in [0.1, 0.15) is 53.9 Å². The Kier molecular flexibility index (Phi) is 2.38. The van der Waals surface area contributed by atoms with E-state index in [1.54, 1.807) is 0 Å². The predicted molar refractivity (Wildman–Crippen MR) is 68.2 cm³/mol. The summed E-state index contributed by atoms with van der Waals surface area (Å²) in [6.45, 7) is 15.2. The van der Waals surface area contributed by atoms with Crippen molar-refractivity contribution in [1.29, 1.82) is 0 Å². The van der Waals surface area contributed by atoms with Crippen molar-refractivity contribution in [2.45, 2.75) is 59.5 Å². The Hall–Kier alpha value is -0.300. The summed E-state index contributed by atoms with van der Waals surface area (Å²) in [4.78, 5) is 0. The van der Waals surface area contributed by atoms with Crippen molar-refractivity contribution in [3.8, 4) is 0 Å². The molecule has 1 nitrogen and oxygen atoms in total. The Balaban J connectivity index is 2.44. The molecule has 0 saturated heterocycles. The first-order valence-electron chi connectivity index (χ1n) is 6.51. The summed E-state index contributed by atoms with van der Waals surface area (Å²) >= 11 is 0. The number of rotatable bonds is 2. The summed E-state index contributed by atoms with van der Waals surface area (Å²) in [6, 6.07) is 0. The Morgan fingerprint density at radius 2 is 1.69 bits per heavy atom. The molecule has 0 aromatic heterocycles. The average Bonchev–Trinajstić information content (AvgIpc) is 2.42. The fourth-order valence-corrected chi connectivity index (χ4v) is 5.03. The summed E-state index contributed by atoms with van der Waals surface area (Å²) in [5.41, 5.74) is 0.885. The normalized spacial score (nSPS) is 43.6. The number of hydrogen-bond donors (Lipinski definition) is 1. The van der Waals surface area contributed by atoms with E-state index in [4.69, 9.17) is 0 Å². The highest BCUT2D eigenvalue weighted by Crippen LogP contribution is 2.71. The largest absolute Gasteiger partial charge is 0.389 e. The molecule has 2 bridgehead atoms. The van der Waals surface area contributed by atoms with E-state index in [1.807, 2.05) is 6.92 Å². The summed E-state index contributed by atoms with van der Waals surface area (Å²) in [6.07, 6.45) is 3.23. The van der Waals surface area contributed by atoms with Crippen LogP contribution in [0.25, 0.3) is 0 Å². The van der Waals surface area contributed by atoms with Gasteiger partial charge >= 0.3 is 0 Å². The topological polar surface area (TPSA) is 20.2 Å². The van der Waals surface area contributed by atoms with Crippen molar-refractivity contribution in [3.63, 3.8) is 0 Å². The van der Waals surface area contributed by atoms with Crippen LogP contribution in [0.2, 0.25) is 0 Å². The van der Waals surface area contributed by atoms with Gasteiger partial charge in [0.2, 0.25) is 0 Å². The maximum atomic E-state index is 11.2. The van der Waals surface area contributed by atoms with Gasteiger partial charge in [-0.25, -0.2) is 0 Å². The van der Waals surface area contributed by atoms with E-state index >= 15 is 0 Å². The fraction of sp³-hybridized carbons (Fsp3) is 0.867. The first kappa shape index (κ1) is 12.2. The van der Waals surface area contributed by atoms with Gasteiger partial charge in [0.1, 0.15) is 0 Å². The van der Waals surface area contributed by atoms with Crippen molar-refractivity contribution in [3.05, 3.63) is 12.2 Å². The molecule has 92 valence electrons. The molecule has 0 aromatic rings. The Labute approximate surface area is 99.9 Å². The molecule has 0 unspecified atom stereocenters. The first-order chi connectivity index (χ1) is 7.14. The van der Waals surface area contributed by atoms with Gasteiger partial charge in [0.15, 0.2) is 0 Å². The van der Waals surface area contributed by atoms with Gasteiger partial charge in [0.25, 0.3) is 0 Å². The fourth-order valence-electron chi connectivity index (χ4n) is 5.03. The van der Waals surface area contributed by atoms with E-state index in [-0.39, 0.29) is 10.8 Å². The number of fused-ring (bicyclic) bond motifs is 2. The molecule has 2 aliphatic carbocycles.